The minimum Gasteiger partial charge on any atom is -0.465 e. The molecular weight excluding hydrogens is 382 g/mol. The number of hydrogen-bond acceptors (Lipinski definition) is 3. The molecule has 1 fully saturated rings. The van der Waals surface area contributed by atoms with Crippen molar-refractivity contribution < 1.29 is 19.4 Å². The average Bonchev–Trinajstić information content (AvgIpc) is 3.11. The highest BCUT2D eigenvalue weighted by atomic mass is 28.4. The van der Waals surface area contributed by atoms with E-state index in [9.17, 15) is 15.0 Å². The van der Waals surface area contributed by atoms with E-state index in [1.165, 1.54) is 15.3 Å². The molecule has 1 amide bonds. The predicted molar refractivity (Wildman–Crippen MR) is 117 cm³/mol. The van der Waals surface area contributed by atoms with Gasteiger partial charge in [0, 0.05) is 6.54 Å². The molecule has 0 aromatic heterocycles. The molecule has 1 heterocycles. The molecule has 0 saturated carbocycles. The average molecular weight is 414 g/mol. The summed E-state index contributed by atoms with van der Waals surface area (Å²) in [4.78, 5) is 13.1. The Morgan fingerprint density at radius 1 is 1.07 bits per heavy atom. The largest absolute Gasteiger partial charge is 0.465 e. The summed E-state index contributed by atoms with van der Waals surface area (Å²) in [6, 6.07) is 20.2. The lowest BCUT2D eigenvalue weighted by molar-refractivity contribution is 0.0782. The fraction of sp³-hybridized carbons (Fsp3) is 0.435. The van der Waals surface area contributed by atoms with Crippen molar-refractivity contribution >= 4 is 24.8 Å². The topological polar surface area (TPSA) is 70.0 Å². The minimum atomic E-state index is -2.74. The van der Waals surface area contributed by atoms with Crippen molar-refractivity contribution in [3.8, 4) is 0 Å². The van der Waals surface area contributed by atoms with Gasteiger partial charge in [-0.15, -0.1) is 0 Å². The SMILES string of the molecule is CC(O)[C@H]1C[C@@H](O[Si](c2ccccc2)(c2ccccc2)C(C)(C)C)CN1C(=O)O. The van der Waals surface area contributed by atoms with E-state index in [4.69, 9.17) is 4.43 Å². The molecule has 1 aliphatic heterocycles. The number of hydrogen-bond donors (Lipinski definition) is 2. The zero-order valence-corrected chi connectivity index (χ0v) is 18.6. The van der Waals surface area contributed by atoms with E-state index >= 15 is 0 Å². The van der Waals surface area contributed by atoms with Crippen molar-refractivity contribution in [3.05, 3.63) is 60.7 Å². The first kappa shape index (κ1) is 21.6. The molecular formula is C23H31NO4Si. The second kappa shape index (κ2) is 8.30. The maximum atomic E-state index is 11.7. The predicted octanol–water partition coefficient (Wildman–Crippen LogP) is 3.06. The van der Waals surface area contributed by atoms with Gasteiger partial charge >= 0.3 is 6.09 Å². The third-order valence-corrected chi connectivity index (χ3v) is 11.0. The lowest BCUT2D eigenvalue weighted by Crippen LogP contribution is -2.67. The van der Waals surface area contributed by atoms with Gasteiger partial charge in [-0.3, -0.25) is 0 Å². The van der Waals surface area contributed by atoms with Gasteiger partial charge in [0.1, 0.15) is 0 Å². The number of amides is 1. The number of likely N-dealkylation sites (tertiary alicyclic amines) is 1. The van der Waals surface area contributed by atoms with Crippen LogP contribution in [-0.4, -0.2) is 54.3 Å². The summed E-state index contributed by atoms with van der Waals surface area (Å²) in [5.41, 5.74) is 0. The molecule has 2 aromatic carbocycles. The standard InChI is InChI=1S/C23H31NO4Si/c1-17(25)21-15-18(16-24(21)22(26)27)28-29(23(2,3)4,19-11-7-5-8-12-19)20-13-9-6-10-14-20/h5-14,17-18,21,25H,15-16H2,1-4H3,(H,26,27)/t17?,18-,21-/m1/s1. The Morgan fingerprint density at radius 3 is 1.90 bits per heavy atom. The maximum absolute atomic E-state index is 11.7. The third-order valence-electron chi connectivity index (χ3n) is 5.87. The van der Waals surface area contributed by atoms with Crippen LogP contribution in [0.15, 0.2) is 60.7 Å². The van der Waals surface area contributed by atoms with Crippen LogP contribution < -0.4 is 10.4 Å². The number of aliphatic hydroxyl groups excluding tert-OH is 1. The molecule has 29 heavy (non-hydrogen) atoms. The summed E-state index contributed by atoms with van der Waals surface area (Å²) in [6.07, 6.45) is -1.52. The van der Waals surface area contributed by atoms with Gasteiger partial charge in [0.25, 0.3) is 8.32 Å². The molecule has 2 aromatic rings. The van der Waals surface area contributed by atoms with Crippen molar-refractivity contribution in [2.75, 3.05) is 6.54 Å². The molecule has 0 spiro atoms. The smallest absolute Gasteiger partial charge is 0.407 e. The molecule has 3 atom stereocenters. The number of aliphatic hydroxyl groups is 1. The Kier molecular flexibility index (Phi) is 6.17. The Balaban J connectivity index is 2.09. The molecule has 0 bridgehead atoms. The highest BCUT2D eigenvalue weighted by Crippen LogP contribution is 2.39. The first-order valence-corrected chi connectivity index (χ1v) is 12.0. The van der Waals surface area contributed by atoms with E-state index in [1.54, 1.807) is 6.92 Å². The van der Waals surface area contributed by atoms with Crippen molar-refractivity contribution in [1.82, 2.24) is 4.90 Å². The number of carboxylic acid groups (broad SMARTS) is 1. The Hall–Kier alpha value is -2.15. The Bertz CT molecular complexity index is 780. The quantitative estimate of drug-likeness (QED) is 0.739. The van der Waals surface area contributed by atoms with E-state index in [-0.39, 0.29) is 17.7 Å². The summed E-state index contributed by atoms with van der Waals surface area (Å²) in [5.74, 6) is 0. The van der Waals surface area contributed by atoms with Crippen LogP contribution in [0.4, 0.5) is 4.79 Å². The minimum absolute atomic E-state index is 0.174. The molecule has 1 saturated heterocycles. The maximum Gasteiger partial charge on any atom is 0.407 e. The monoisotopic (exact) mass is 413 g/mol. The van der Waals surface area contributed by atoms with E-state index in [0.717, 1.165) is 0 Å². The van der Waals surface area contributed by atoms with E-state index in [1.807, 2.05) is 36.4 Å². The van der Waals surface area contributed by atoms with Crippen molar-refractivity contribution in [2.24, 2.45) is 0 Å². The van der Waals surface area contributed by atoms with Crippen LogP contribution in [0, 0.1) is 0 Å². The van der Waals surface area contributed by atoms with Crippen molar-refractivity contribution in [3.63, 3.8) is 0 Å². The van der Waals surface area contributed by atoms with Crippen LogP contribution in [0.3, 0.4) is 0 Å². The molecule has 2 N–H and O–H groups in total. The number of benzene rings is 2. The second-order valence-electron chi connectivity index (χ2n) is 8.88. The molecule has 156 valence electrons. The molecule has 0 aliphatic carbocycles. The lowest BCUT2D eigenvalue weighted by atomic mass is 10.1. The summed E-state index contributed by atoms with van der Waals surface area (Å²) >= 11 is 0. The third kappa shape index (κ3) is 4.10. The van der Waals surface area contributed by atoms with Gasteiger partial charge in [0.05, 0.1) is 18.2 Å². The highest BCUT2D eigenvalue weighted by Gasteiger charge is 2.53. The van der Waals surface area contributed by atoms with Crippen LogP contribution in [0.25, 0.3) is 0 Å². The summed E-state index contributed by atoms with van der Waals surface area (Å²) < 4.78 is 7.02. The van der Waals surface area contributed by atoms with Gasteiger partial charge in [0.15, 0.2) is 0 Å². The zero-order valence-electron chi connectivity index (χ0n) is 17.6. The molecule has 0 radical (unpaired) electrons. The fourth-order valence-electron chi connectivity index (χ4n) is 4.53. The highest BCUT2D eigenvalue weighted by molar-refractivity contribution is 6.99. The van der Waals surface area contributed by atoms with Gasteiger partial charge in [-0.05, 0) is 28.8 Å². The van der Waals surface area contributed by atoms with E-state index in [0.29, 0.717) is 6.42 Å². The van der Waals surface area contributed by atoms with Gasteiger partial charge in [-0.1, -0.05) is 81.4 Å². The number of carbonyl (C=O) groups is 1. The summed E-state index contributed by atoms with van der Waals surface area (Å²) in [6.45, 7) is 8.53. The Labute approximate surface area is 174 Å². The van der Waals surface area contributed by atoms with Crippen LogP contribution in [-0.2, 0) is 4.43 Å². The second-order valence-corrected chi connectivity index (χ2v) is 13.1. The number of nitrogens with zero attached hydrogens (tertiary/aromatic N) is 1. The van der Waals surface area contributed by atoms with Crippen LogP contribution >= 0.6 is 0 Å². The van der Waals surface area contributed by atoms with Gasteiger partial charge in [0.2, 0.25) is 0 Å². The number of rotatable bonds is 5. The van der Waals surface area contributed by atoms with Crippen LogP contribution in [0.2, 0.25) is 5.04 Å². The lowest BCUT2D eigenvalue weighted by Gasteiger charge is -2.44. The Morgan fingerprint density at radius 2 is 1.55 bits per heavy atom. The van der Waals surface area contributed by atoms with Gasteiger partial charge in [-0.2, -0.15) is 0 Å². The molecule has 3 rings (SSSR count). The van der Waals surface area contributed by atoms with E-state index in [2.05, 4.69) is 45.0 Å². The van der Waals surface area contributed by atoms with Gasteiger partial charge < -0.3 is 19.5 Å². The molecule has 6 heteroatoms. The van der Waals surface area contributed by atoms with E-state index < -0.39 is 26.6 Å². The van der Waals surface area contributed by atoms with Crippen molar-refractivity contribution in [2.45, 2.75) is 57.4 Å². The first-order chi connectivity index (χ1) is 13.7. The normalized spacial score (nSPS) is 21.2. The first-order valence-electron chi connectivity index (χ1n) is 10.1. The molecule has 1 unspecified atom stereocenters. The molecule has 1 aliphatic rings. The fourth-order valence-corrected chi connectivity index (χ4v) is 9.22. The summed E-state index contributed by atoms with van der Waals surface area (Å²) in [7, 11) is -2.74. The van der Waals surface area contributed by atoms with Crippen molar-refractivity contribution in [1.29, 1.82) is 0 Å². The van der Waals surface area contributed by atoms with Crippen LogP contribution in [0.1, 0.15) is 34.1 Å². The van der Waals surface area contributed by atoms with Gasteiger partial charge in [-0.25, -0.2) is 4.79 Å². The zero-order chi connectivity index (χ0) is 21.2. The molecule has 5 nitrogen and oxygen atoms in total. The summed E-state index contributed by atoms with van der Waals surface area (Å²) in [5, 5.41) is 21.9. The van der Waals surface area contributed by atoms with Crippen LogP contribution in [0.5, 0.6) is 0 Å².